The van der Waals surface area contributed by atoms with Gasteiger partial charge in [-0.1, -0.05) is 48.5 Å². The molecule has 0 saturated carbocycles. The Morgan fingerprint density at radius 1 is 1.07 bits per heavy atom. The molecule has 146 valence electrons. The molecule has 2 aromatic rings. The molecule has 2 aromatic carbocycles. The predicted octanol–water partition coefficient (Wildman–Crippen LogP) is 2.74. The second-order valence-electron chi connectivity index (χ2n) is 6.53. The van der Waals surface area contributed by atoms with Gasteiger partial charge in [-0.25, -0.2) is 8.42 Å². The summed E-state index contributed by atoms with van der Waals surface area (Å²) in [5.74, 6) is 0.685. The summed E-state index contributed by atoms with van der Waals surface area (Å²) in [4.78, 5) is 4.26. The van der Waals surface area contributed by atoms with Crippen LogP contribution in [0.4, 0.5) is 5.69 Å². The fourth-order valence-electron chi connectivity index (χ4n) is 2.68. The van der Waals surface area contributed by atoms with Crippen molar-refractivity contribution in [2.45, 2.75) is 32.4 Å². The van der Waals surface area contributed by atoms with Crippen molar-refractivity contribution in [1.29, 1.82) is 0 Å². The van der Waals surface area contributed by atoms with E-state index in [4.69, 9.17) is 0 Å². The highest BCUT2D eigenvalue weighted by atomic mass is 32.2. The molecular weight excluding hydrogens is 360 g/mol. The van der Waals surface area contributed by atoms with Gasteiger partial charge in [-0.15, -0.1) is 0 Å². The second kappa shape index (κ2) is 9.97. The number of aliphatic imine (C=N–C) groups is 1. The first-order valence-corrected chi connectivity index (χ1v) is 10.8. The first kappa shape index (κ1) is 20.8. The zero-order valence-electron chi connectivity index (χ0n) is 16.1. The van der Waals surface area contributed by atoms with Crippen molar-refractivity contribution < 1.29 is 8.42 Å². The third-order valence-electron chi connectivity index (χ3n) is 4.07. The number of guanidine groups is 1. The molecular formula is C20H28N4O2S. The third kappa shape index (κ3) is 7.70. The molecule has 1 unspecified atom stereocenters. The van der Waals surface area contributed by atoms with Gasteiger partial charge in [-0.2, -0.15) is 0 Å². The predicted molar refractivity (Wildman–Crippen MR) is 112 cm³/mol. The molecule has 1 atom stereocenters. The van der Waals surface area contributed by atoms with E-state index >= 15 is 0 Å². The number of anilines is 1. The molecule has 0 radical (unpaired) electrons. The number of sulfonamides is 1. The van der Waals surface area contributed by atoms with E-state index in [1.807, 2.05) is 18.2 Å². The number of rotatable bonds is 8. The minimum absolute atomic E-state index is 0.251. The number of nitrogens with zero attached hydrogens (tertiary/aromatic N) is 1. The zero-order valence-corrected chi connectivity index (χ0v) is 16.9. The smallest absolute Gasteiger partial charge is 0.229 e. The molecule has 0 aliphatic rings. The summed E-state index contributed by atoms with van der Waals surface area (Å²) in [7, 11) is -1.60. The quantitative estimate of drug-likeness (QED) is 0.480. The molecule has 0 saturated heterocycles. The molecule has 0 aromatic heterocycles. The van der Waals surface area contributed by atoms with Crippen LogP contribution >= 0.6 is 0 Å². The van der Waals surface area contributed by atoms with E-state index in [9.17, 15) is 8.42 Å². The number of para-hydroxylation sites is 1. The van der Waals surface area contributed by atoms with Gasteiger partial charge in [0.1, 0.15) is 0 Å². The van der Waals surface area contributed by atoms with Crippen LogP contribution in [0, 0.1) is 0 Å². The number of hydrogen-bond acceptors (Lipinski definition) is 3. The fraction of sp³-hybridized carbons (Fsp3) is 0.350. The van der Waals surface area contributed by atoms with Crippen molar-refractivity contribution in [3.8, 4) is 0 Å². The van der Waals surface area contributed by atoms with Crippen LogP contribution in [0.15, 0.2) is 59.6 Å². The Labute approximate surface area is 162 Å². The van der Waals surface area contributed by atoms with Crippen molar-refractivity contribution in [3.05, 3.63) is 65.7 Å². The van der Waals surface area contributed by atoms with Crippen molar-refractivity contribution in [1.82, 2.24) is 10.6 Å². The molecule has 0 heterocycles. The highest BCUT2D eigenvalue weighted by molar-refractivity contribution is 7.92. The van der Waals surface area contributed by atoms with Gasteiger partial charge >= 0.3 is 0 Å². The van der Waals surface area contributed by atoms with Crippen molar-refractivity contribution in [2.24, 2.45) is 4.99 Å². The average Bonchev–Trinajstić information content (AvgIpc) is 2.64. The van der Waals surface area contributed by atoms with Gasteiger partial charge in [-0.05, 0) is 37.0 Å². The summed E-state index contributed by atoms with van der Waals surface area (Å²) in [5.41, 5.74) is 2.73. The minimum Gasteiger partial charge on any atom is -0.354 e. The lowest BCUT2D eigenvalue weighted by Gasteiger charge is -2.19. The Morgan fingerprint density at radius 2 is 1.74 bits per heavy atom. The first-order chi connectivity index (χ1) is 12.9. The molecule has 0 bridgehead atoms. The SMILES string of the molecule is CN=C(NCc1ccccc1NS(C)(=O)=O)NC(C)CCc1ccccc1. The maximum Gasteiger partial charge on any atom is 0.229 e. The number of benzene rings is 2. The number of nitrogens with one attached hydrogen (secondary N) is 3. The maximum absolute atomic E-state index is 11.5. The first-order valence-electron chi connectivity index (χ1n) is 8.94. The van der Waals surface area contributed by atoms with Crippen molar-refractivity contribution in [3.63, 3.8) is 0 Å². The second-order valence-corrected chi connectivity index (χ2v) is 8.28. The summed E-state index contributed by atoms with van der Waals surface area (Å²) in [5, 5.41) is 6.62. The van der Waals surface area contributed by atoms with E-state index in [0.717, 1.165) is 24.7 Å². The molecule has 0 amide bonds. The van der Waals surface area contributed by atoms with Crippen LogP contribution in [0.5, 0.6) is 0 Å². The lowest BCUT2D eigenvalue weighted by molar-refractivity contribution is 0.593. The van der Waals surface area contributed by atoms with E-state index in [-0.39, 0.29) is 6.04 Å². The molecule has 0 aliphatic carbocycles. The maximum atomic E-state index is 11.5. The Kier molecular flexibility index (Phi) is 7.67. The summed E-state index contributed by atoms with van der Waals surface area (Å²) in [6.07, 6.45) is 3.12. The monoisotopic (exact) mass is 388 g/mol. The molecule has 6 nitrogen and oxygen atoms in total. The van der Waals surface area contributed by atoms with Crippen LogP contribution < -0.4 is 15.4 Å². The van der Waals surface area contributed by atoms with E-state index in [0.29, 0.717) is 18.2 Å². The fourth-order valence-corrected chi connectivity index (χ4v) is 3.28. The van der Waals surface area contributed by atoms with Crippen LogP contribution in [0.25, 0.3) is 0 Å². The average molecular weight is 389 g/mol. The van der Waals surface area contributed by atoms with E-state index < -0.39 is 10.0 Å². The van der Waals surface area contributed by atoms with Gasteiger partial charge in [0.2, 0.25) is 10.0 Å². The Balaban J connectivity index is 1.88. The lowest BCUT2D eigenvalue weighted by Crippen LogP contribution is -2.42. The third-order valence-corrected chi connectivity index (χ3v) is 4.67. The van der Waals surface area contributed by atoms with Gasteiger partial charge in [0.15, 0.2) is 5.96 Å². The van der Waals surface area contributed by atoms with Crippen LogP contribution in [-0.2, 0) is 23.0 Å². The molecule has 2 rings (SSSR count). The highest BCUT2D eigenvalue weighted by Gasteiger charge is 2.09. The molecule has 7 heteroatoms. The van der Waals surface area contributed by atoms with E-state index in [2.05, 4.69) is 51.5 Å². The normalized spacial score (nSPS) is 13.1. The highest BCUT2D eigenvalue weighted by Crippen LogP contribution is 2.15. The summed E-state index contributed by atoms with van der Waals surface area (Å²) in [6.45, 7) is 2.58. The Hall–Kier alpha value is -2.54. The standard InChI is InChI=1S/C20H28N4O2S/c1-16(13-14-17-9-5-4-6-10-17)23-20(21-2)22-15-18-11-7-8-12-19(18)24-27(3,25)26/h4-12,16,24H,13-15H2,1-3H3,(H2,21,22,23). The minimum atomic E-state index is -3.32. The van der Waals surface area contributed by atoms with Crippen molar-refractivity contribution >= 4 is 21.7 Å². The van der Waals surface area contributed by atoms with Crippen LogP contribution in [0.2, 0.25) is 0 Å². The van der Waals surface area contributed by atoms with Crippen molar-refractivity contribution in [2.75, 3.05) is 18.0 Å². The van der Waals surface area contributed by atoms with Crippen LogP contribution in [0.1, 0.15) is 24.5 Å². The summed E-state index contributed by atoms with van der Waals surface area (Å²) >= 11 is 0. The zero-order chi connectivity index (χ0) is 19.7. The largest absolute Gasteiger partial charge is 0.354 e. The molecule has 27 heavy (non-hydrogen) atoms. The summed E-state index contributed by atoms with van der Waals surface area (Å²) in [6, 6.07) is 17.9. The molecule has 0 fully saturated rings. The molecule has 0 spiro atoms. The molecule has 0 aliphatic heterocycles. The van der Waals surface area contributed by atoms with Gasteiger partial charge in [0.25, 0.3) is 0 Å². The van der Waals surface area contributed by atoms with Gasteiger partial charge in [0, 0.05) is 19.6 Å². The van der Waals surface area contributed by atoms with Gasteiger partial charge in [0.05, 0.1) is 11.9 Å². The topological polar surface area (TPSA) is 82.6 Å². The lowest BCUT2D eigenvalue weighted by atomic mass is 10.1. The number of hydrogen-bond donors (Lipinski definition) is 3. The Morgan fingerprint density at radius 3 is 2.41 bits per heavy atom. The van der Waals surface area contributed by atoms with Gasteiger partial charge in [-0.3, -0.25) is 9.71 Å². The van der Waals surface area contributed by atoms with Crippen LogP contribution in [-0.4, -0.2) is 33.7 Å². The van der Waals surface area contributed by atoms with Gasteiger partial charge < -0.3 is 10.6 Å². The number of aryl methyl sites for hydroxylation is 1. The molecule has 3 N–H and O–H groups in total. The summed E-state index contributed by atoms with van der Waals surface area (Å²) < 4.78 is 25.6. The van der Waals surface area contributed by atoms with E-state index in [1.54, 1.807) is 19.2 Å². The Bertz CT molecular complexity index is 851. The van der Waals surface area contributed by atoms with Crippen LogP contribution in [0.3, 0.4) is 0 Å². The van der Waals surface area contributed by atoms with E-state index in [1.165, 1.54) is 5.56 Å².